The van der Waals surface area contributed by atoms with Crippen molar-refractivity contribution in [2.24, 2.45) is 10.2 Å². The molecule has 0 atom stereocenters. The molecule has 0 fully saturated rings. The predicted octanol–water partition coefficient (Wildman–Crippen LogP) is 5.47. The van der Waals surface area contributed by atoms with Crippen LogP contribution in [0.5, 0.6) is 0 Å². The number of nitrogens with zero attached hydrogens (tertiary/aromatic N) is 2. The van der Waals surface area contributed by atoms with Crippen LogP contribution in [0.4, 0.5) is 11.4 Å². The van der Waals surface area contributed by atoms with Gasteiger partial charge in [-0.1, -0.05) is 15.9 Å². The van der Waals surface area contributed by atoms with Gasteiger partial charge in [0.25, 0.3) is 0 Å². The van der Waals surface area contributed by atoms with Gasteiger partial charge in [0.15, 0.2) is 0 Å². The van der Waals surface area contributed by atoms with Gasteiger partial charge in [-0.05, 0) is 71.1 Å². The number of azo groups is 1. The molecule has 16 heavy (non-hydrogen) atoms. The Bertz CT molecular complexity index is 444. The highest BCUT2D eigenvalue weighted by Gasteiger charge is 1.91. The molecule has 0 spiro atoms. The van der Waals surface area contributed by atoms with E-state index >= 15 is 0 Å². The minimum Gasteiger partial charge on any atom is -0.151 e. The fourth-order valence-electron chi connectivity index (χ4n) is 1.13. The van der Waals surface area contributed by atoms with Crippen LogP contribution in [0.25, 0.3) is 0 Å². The van der Waals surface area contributed by atoms with Crippen LogP contribution in [-0.4, -0.2) is 0 Å². The molecule has 0 aliphatic carbocycles. The van der Waals surface area contributed by atoms with E-state index in [9.17, 15) is 0 Å². The van der Waals surface area contributed by atoms with Gasteiger partial charge in [-0.15, -0.1) is 0 Å². The first-order chi connectivity index (χ1) is 7.74. The Morgan fingerprint density at radius 3 is 1.69 bits per heavy atom. The molecule has 80 valence electrons. The second-order valence-electron chi connectivity index (χ2n) is 3.15. The summed E-state index contributed by atoms with van der Waals surface area (Å²) >= 11 is 5.64. The van der Waals surface area contributed by atoms with Crippen molar-refractivity contribution in [3.8, 4) is 0 Å². The van der Waals surface area contributed by atoms with Gasteiger partial charge >= 0.3 is 0 Å². The first-order valence-corrected chi connectivity index (χ1v) is 6.54. The van der Waals surface area contributed by atoms with E-state index in [1.54, 1.807) is 0 Å². The maximum absolute atomic E-state index is 4.15. The van der Waals surface area contributed by atoms with E-state index in [1.165, 1.54) is 3.57 Å². The minimum absolute atomic E-state index is 0.849. The average Bonchev–Trinajstić information content (AvgIpc) is 2.30. The Kier molecular flexibility index (Phi) is 4.06. The molecule has 0 aliphatic heterocycles. The summed E-state index contributed by atoms with van der Waals surface area (Å²) in [6, 6.07) is 15.6. The van der Waals surface area contributed by atoms with Crippen molar-refractivity contribution < 1.29 is 0 Å². The van der Waals surface area contributed by atoms with Gasteiger partial charge in [-0.2, -0.15) is 10.2 Å². The van der Waals surface area contributed by atoms with Crippen LogP contribution in [0.2, 0.25) is 0 Å². The maximum atomic E-state index is 4.15. The van der Waals surface area contributed by atoms with Gasteiger partial charge in [0.05, 0.1) is 11.4 Å². The lowest BCUT2D eigenvalue weighted by molar-refractivity contribution is 1.23. The second-order valence-corrected chi connectivity index (χ2v) is 5.31. The summed E-state index contributed by atoms with van der Waals surface area (Å²) in [5, 5.41) is 8.30. The van der Waals surface area contributed by atoms with E-state index in [-0.39, 0.29) is 0 Å². The van der Waals surface area contributed by atoms with Crippen molar-refractivity contribution in [2.45, 2.75) is 0 Å². The third-order valence-corrected chi connectivity index (χ3v) is 3.18. The largest absolute Gasteiger partial charge is 0.151 e. The summed E-state index contributed by atoms with van der Waals surface area (Å²) in [7, 11) is 0. The molecule has 0 N–H and O–H groups in total. The number of rotatable bonds is 2. The molecule has 0 saturated carbocycles. The minimum atomic E-state index is 0.849. The summed E-state index contributed by atoms with van der Waals surface area (Å²) < 4.78 is 2.24. The zero-order valence-electron chi connectivity index (χ0n) is 8.27. The lowest BCUT2D eigenvalue weighted by Crippen LogP contribution is -1.68. The molecule has 2 aromatic rings. The standard InChI is InChI=1S/C12H8BrIN2/c13-9-1-5-11(6-2-9)15-16-12-7-3-10(14)4-8-12/h1-8H. The van der Waals surface area contributed by atoms with E-state index < -0.39 is 0 Å². The van der Waals surface area contributed by atoms with Gasteiger partial charge in [-0.25, -0.2) is 0 Å². The van der Waals surface area contributed by atoms with Crippen LogP contribution < -0.4 is 0 Å². The molecular formula is C12H8BrIN2. The highest BCUT2D eigenvalue weighted by molar-refractivity contribution is 14.1. The first-order valence-electron chi connectivity index (χ1n) is 4.67. The van der Waals surface area contributed by atoms with Gasteiger partial charge in [0, 0.05) is 8.04 Å². The Labute approximate surface area is 116 Å². The lowest BCUT2D eigenvalue weighted by Gasteiger charge is -1.94. The molecule has 4 heteroatoms. The quantitative estimate of drug-likeness (QED) is 0.483. The van der Waals surface area contributed by atoms with Crippen molar-refractivity contribution in [3.63, 3.8) is 0 Å². The first kappa shape index (κ1) is 11.7. The summed E-state index contributed by atoms with van der Waals surface area (Å²) in [5.74, 6) is 0. The van der Waals surface area contributed by atoms with Crippen LogP contribution in [-0.2, 0) is 0 Å². The van der Waals surface area contributed by atoms with Crippen LogP contribution in [0.15, 0.2) is 63.2 Å². The number of hydrogen-bond acceptors (Lipinski definition) is 2. The van der Waals surface area contributed by atoms with Crippen molar-refractivity contribution in [1.82, 2.24) is 0 Å². The van der Waals surface area contributed by atoms with Crippen molar-refractivity contribution >= 4 is 49.9 Å². The monoisotopic (exact) mass is 386 g/mol. The molecule has 0 aromatic heterocycles. The van der Waals surface area contributed by atoms with Gasteiger partial charge in [0.1, 0.15) is 0 Å². The molecule has 0 heterocycles. The predicted molar refractivity (Wildman–Crippen MR) is 77.5 cm³/mol. The van der Waals surface area contributed by atoms with Crippen molar-refractivity contribution in [1.29, 1.82) is 0 Å². The zero-order valence-corrected chi connectivity index (χ0v) is 12.0. The highest BCUT2D eigenvalue weighted by Crippen LogP contribution is 2.20. The number of hydrogen-bond donors (Lipinski definition) is 0. The fourth-order valence-corrected chi connectivity index (χ4v) is 1.75. The average molecular weight is 387 g/mol. The fraction of sp³-hybridized carbons (Fsp3) is 0. The molecule has 2 rings (SSSR count). The summed E-state index contributed by atoms with van der Waals surface area (Å²) in [6.07, 6.45) is 0. The summed E-state index contributed by atoms with van der Waals surface area (Å²) in [4.78, 5) is 0. The summed E-state index contributed by atoms with van der Waals surface area (Å²) in [6.45, 7) is 0. The molecular weight excluding hydrogens is 379 g/mol. The zero-order chi connectivity index (χ0) is 11.4. The van der Waals surface area contributed by atoms with E-state index in [2.05, 4.69) is 48.7 Å². The summed E-state index contributed by atoms with van der Waals surface area (Å²) in [5.41, 5.74) is 1.71. The van der Waals surface area contributed by atoms with E-state index in [4.69, 9.17) is 0 Å². The molecule has 0 bridgehead atoms. The van der Waals surface area contributed by atoms with Crippen molar-refractivity contribution in [3.05, 3.63) is 56.6 Å². The molecule has 0 unspecified atom stereocenters. The Morgan fingerprint density at radius 2 is 1.19 bits per heavy atom. The molecule has 2 aromatic carbocycles. The van der Waals surface area contributed by atoms with Gasteiger partial charge < -0.3 is 0 Å². The molecule has 0 radical (unpaired) electrons. The van der Waals surface area contributed by atoms with E-state index in [1.807, 2.05) is 48.5 Å². The van der Waals surface area contributed by atoms with Gasteiger partial charge in [-0.3, -0.25) is 0 Å². The normalized spacial score (nSPS) is 10.9. The molecule has 0 aliphatic rings. The second kappa shape index (κ2) is 5.54. The number of halogens is 2. The van der Waals surface area contributed by atoms with E-state index in [0.29, 0.717) is 0 Å². The third kappa shape index (κ3) is 3.38. The van der Waals surface area contributed by atoms with Crippen LogP contribution >= 0.6 is 38.5 Å². The maximum Gasteiger partial charge on any atom is 0.0857 e. The van der Waals surface area contributed by atoms with Crippen LogP contribution in [0.3, 0.4) is 0 Å². The SMILES string of the molecule is Brc1ccc(N=Nc2ccc(I)cc2)cc1. The Morgan fingerprint density at radius 1 is 0.750 bits per heavy atom. The topological polar surface area (TPSA) is 24.7 Å². The molecule has 0 saturated heterocycles. The smallest absolute Gasteiger partial charge is 0.0857 e. The van der Waals surface area contributed by atoms with Crippen LogP contribution in [0.1, 0.15) is 0 Å². The Balaban J connectivity index is 2.15. The van der Waals surface area contributed by atoms with Gasteiger partial charge in [0.2, 0.25) is 0 Å². The lowest BCUT2D eigenvalue weighted by atomic mass is 10.3. The van der Waals surface area contributed by atoms with Crippen LogP contribution in [0, 0.1) is 3.57 Å². The number of benzene rings is 2. The third-order valence-electron chi connectivity index (χ3n) is 1.93. The molecule has 2 nitrogen and oxygen atoms in total. The Hall–Kier alpha value is -0.750. The van der Waals surface area contributed by atoms with E-state index in [0.717, 1.165) is 15.8 Å². The van der Waals surface area contributed by atoms with Crippen molar-refractivity contribution in [2.75, 3.05) is 0 Å². The molecule has 0 amide bonds. The highest BCUT2D eigenvalue weighted by atomic mass is 127.